The molecule has 0 aliphatic rings. The van der Waals surface area contributed by atoms with Gasteiger partial charge in [-0.15, -0.1) is 0 Å². The highest BCUT2D eigenvalue weighted by Crippen LogP contribution is 2.35. The van der Waals surface area contributed by atoms with Crippen molar-refractivity contribution < 1.29 is 0 Å². The summed E-state index contributed by atoms with van der Waals surface area (Å²) in [5.74, 6) is 1.17. The maximum atomic E-state index is 2.30. The van der Waals surface area contributed by atoms with Crippen molar-refractivity contribution >= 4 is 17.2 Å². The Morgan fingerprint density at radius 3 is 1.45 bits per heavy atom. The van der Waals surface area contributed by atoms with Gasteiger partial charge in [0, 0.05) is 24.1 Å². The van der Waals surface area contributed by atoms with E-state index >= 15 is 0 Å². The molecule has 2 nitrogen and oxygen atoms in total. The van der Waals surface area contributed by atoms with Crippen LogP contribution in [-0.4, -0.2) is 4.57 Å². The molecule has 0 amide bonds. The second kappa shape index (κ2) is 5.72. The van der Waals surface area contributed by atoms with E-state index in [1.807, 2.05) is 0 Å². The lowest BCUT2D eigenvalue weighted by molar-refractivity contribution is 0.872. The van der Waals surface area contributed by atoms with E-state index in [4.69, 9.17) is 0 Å². The lowest BCUT2D eigenvalue weighted by Gasteiger charge is -2.26. The summed E-state index contributed by atoms with van der Waals surface area (Å²) in [5, 5.41) is 0. The minimum absolute atomic E-state index is 1.17. The molecule has 2 heteroatoms. The van der Waals surface area contributed by atoms with Gasteiger partial charge in [-0.2, -0.15) is 0 Å². The first kappa shape index (κ1) is 14.5. The van der Waals surface area contributed by atoms with Gasteiger partial charge in [0.25, 0.3) is 0 Å². The molecule has 112 valence electrons. The van der Waals surface area contributed by atoms with Gasteiger partial charge >= 0.3 is 0 Å². The van der Waals surface area contributed by atoms with Gasteiger partial charge in [0.05, 0.1) is 0 Å². The molecule has 0 atom stereocenters. The third-order valence-corrected chi connectivity index (χ3v) is 4.16. The van der Waals surface area contributed by atoms with Crippen LogP contribution in [0.4, 0.5) is 17.2 Å². The molecule has 1 heterocycles. The Balaban J connectivity index is 2.15. The van der Waals surface area contributed by atoms with Gasteiger partial charge in [0.15, 0.2) is 0 Å². The Labute approximate surface area is 132 Å². The summed E-state index contributed by atoms with van der Waals surface area (Å²) in [4.78, 5) is 2.30. The molecule has 0 fully saturated rings. The molecule has 3 rings (SSSR count). The maximum Gasteiger partial charge on any atom is 0.117 e. The van der Waals surface area contributed by atoms with Crippen molar-refractivity contribution in [1.29, 1.82) is 0 Å². The Morgan fingerprint density at radius 1 is 0.636 bits per heavy atom. The van der Waals surface area contributed by atoms with Gasteiger partial charge in [-0.3, -0.25) is 4.90 Å². The second-order valence-electron chi connectivity index (χ2n) is 5.90. The Morgan fingerprint density at radius 2 is 1.09 bits per heavy atom. The third kappa shape index (κ3) is 2.64. The van der Waals surface area contributed by atoms with Gasteiger partial charge < -0.3 is 4.57 Å². The van der Waals surface area contributed by atoms with E-state index in [9.17, 15) is 0 Å². The van der Waals surface area contributed by atoms with Gasteiger partial charge in [0.2, 0.25) is 0 Å². The molecular formula is C20H22N2. The predicted molar refractivity (Wildman–Crippen MR) is 94.3 cm³/mol. The molecule has 0 radical (unpaired) electrons. The minimum atomic E-state index is 1.17. The van der Waals surface area contributed by atoms with E-state index in [-0.39, 0.29) is 0 Å². The normalized spacial score (nSPS) is 10.7. The molecule has 1 aromatic heterocycles. The van der Waals surface area contributed by atoms with Crippen LogP contribution >= 0.6 is 0 Å². The van der Waals surface area contributed by atoms with Crippen LogP contribution < -0.4 is 4.90 Å². The van der Waals surface area contributed by atoms with E-state index in [1.165, 1.54) is 34.0 Å². The fourth-order valence-electron chi connectivity index (χ4n) is 2.63. The Bertz CT molecular complexity index is 719. The van der Waals surface area contributed by atoms with Crippen molar-refractivity contribution in [2.75, 3.05) is 4.90 Å². The highest BCUT2D eigenvalue weighted by atomic mass is 15.2. The monoisotopic (exact) mass is 290 g/mol. The maximum absolute atomic E-state index is 2.30. The molecule has 22 heavy (non-hydrogen) atoms. The highest BCUT2D eigenvalue weighted by Gasteiger charge is 2.15. The van der Waals surface area contributed by atoms with Crippen molar-refractivity contribution in [3.05, 3.63) is 77.5 Å². The van der Waals surface area contributed by atoms with E-state index in [1.54, 1.807) is 0 Å². The average Bonchev–Trinajstić information content (AvgIpc) is 2.84. The van der Waals surface area contributed by atoms with Crippen molar-refractivity contribution in [3.63, 3.8) is 0 Å². The molecule has 0 aliphatic carbocycles. The summed E-state index contributed by atoms with van der Waals surface area (Å²) in [5.41, 5.74) is 6.15. The summed E-state index contributed by atoms with van der Waals surface area (Å²) in [6.07, 6.45) is 0. The van der Waals surface area contributed by atoms with Crippen LogP contribution in [0.5, 0.6) is 0 Å². The van der Waals surface area contributed by atoms with Gasteiger partial charge in [-0.1, -0.05) is 35.4 Å². The smallest absolute Gasteiger partial charge is 0.117 e. The first-order valence-electron chi connectivity index (χ1n) is 7.62. The fourth-order valence-corrected chi connectivity index (χ4v) is 2.63. The zero-order valence-corrected chi connectivity index (χ0v) is 13.7. The van der Waals surface area contributed by atoms with Crippen LogP contribution in [0.3, 0.4) is 0 Å². The van der Waals surface area contributed by atoms with Gasteiger partial charge in [-0.05, 0) is 57.2 Å². The minimum Gasteiger partial charge on any atom is -0.335 e. The average molecular weight is 290 g/mol. The molecular weight excluding hydrogens is 268 g/mol. The third-order valence-electron chi connectivity index (χ3n) is 4.16. The molecule has 0 aliphatic heterocycles. The summed E-state index contributed by atoms with van der Waals surface area (Å²) >= 11 is 0. The van der Waals surface area contributed by atoms with E-state index in [2.05, 4.69) is 97.9 Å². The second-order valence-corrected chi connectivity index (χ2v) is 5.90. The number of hydrogen-bond donors (Lipinski definition) is 0. The lowest BCUT2D eigenvalue weighted by atomic mass is 10.1. The number of anilines is 3. The molecule has 0 spiro atoms. The van der Waals surface area contributed by atoms with Crippen LogP contribution in [0.1, 0.15) is 16.8 Å². The Kier molecular flexibility index (Phi) is 3.76. The van der Waals surface area contributed by atoms with Gasteiger partial charge in [0.1, 0.15) is 5.82 Å². The summed E-state index contributed by atoms with van der Waals surface area (Å²) in [6.45, 7) is 6.37. The Hall–Kier alpha value is -2.48. The van der Waals surface area contributed by atoms with E-state index in [0.29, 0.717) is 0 Å². The standard InChI is InChI=1S/C20H22N2/c1-15-5-10-18(11-6-15)22(19-12-7-16(2)8-13-19)20-14-9-17(3)21(20)4/h5-14H,1-4H3. The highest BCUT2D eigenvalue weighted by molar-refractivity contribution is 5.75. The van der Waals surface area contributed by atoms with Crippen molar-refractivity contribution in [2.24, 2.45) is 7.05 Å². The van der Waals surface area contributed by atoms with E-state index < -0.39 is 0 Å². The summed E-state index contributed by atoms with van der Waals surface area (Å²) in [7, 11) is 2.11. The molecule has 0 saturated heterocycles. The molecule has 0 N–H and O–H groups in total. The fraction of sp³-hybridized carbons (Fsp3) is 0.200. The number of aromatic nitrogens is 1. The quantitative estimate of drug-likeness (QED) is 0.625. The number of nitrogens with zero attached hydrogens (tertiary/aromatic N) is 2. The number of benzene rings is 2. The molecule has 0 unspecified atom stereocenters. The van der Waals surface area contributed by atoms with Crippen LogP contribution in [0, 0.1) is 20.8 Å². The first-order chi connectivity index (χ1) is 10.6. The molecule has 3 aromatic rings. The van der Waals surface area contributed by atoms with Crippen LogP contribution in [-0.2, 0) is 7.05 Å². The number of rotatable bonds is 3. The van der Waals surface area contributed by atoms with Crippen LogP contribution in [0.25, 0.3) is 0 Å². The topological polar surface area (TPSA) is 8.17 Å². The van der Waals surface area contributed by atoms with Crippen molar-refractivity contribution in [1.82, 2.24) is 4.57 Å². The SMILES string of the molecule is Cc1ccc(N(c2ccc(C)cc2)c2ccc(C)n2C)cc1. The molecule has 0 bridgehead atoms. The lowest BCUT2D eigenvalue weighted by Crippen LogP contribution is -2.13. The van der Waals surface area contributed by atoms with Crippen molar-refractivity contribution in [3.8, 4) is 0 Å². The first-order valence-corrected chi connectivity index (χ1v) is 7.62. The number of aryl methyl sites for hydroxylation is 3. The van der Waals surface area contributed by atoms with Crippen LogP contribution in [0.15, 0.2) is 60.7 Å². The number of hydrogen-bond acceptors (Lipinski definition) is 1. The molecule has 0 saturated carbocycles. The largest absolute Gasteiger partial charge is 0.335 e. The summed E-state index contributed by atoms with van der Waals surface area (Å²) < 4.78 is 2.22. The predicted octanol–water partition coefficient (Wildman–Crippen LogP) is 5.42. The van der Waals surface area contributed by atoms with Crippen LogP contribution in [0.2, 0.25) is 0 Å². The van der Waals surface area contributed by atoms with Crippen molar-refractivity contribution in [2.45, 2.75) is 20.8 Å². The van der Waals surface area contributed by atoms with Gasteiger partial charge in [-0.25, -0.2) is 0 Å². The summed E-state index contributed by atoms with van der Waals surface area (Å²) in [6, 6.07) is 21.7. The molecule has 2 aromatic carbocycles. The zero-order chi connectivity index (χ0) is 15.7. The van der Waals surface area contributed by atoms with E-state index in [0.717, 1.165) is 0 Å². The zero-order valence-electron chi connectivity index (χ0n) is 13.7.